The molecule has 0 saturated carbocycles. The van der Waals surface area contributed by atoms with Gasteiger partial charge in [-0.2, -0.15) is 0 Å². The molecule has 0 amide bonds. The van der Waals surface area contributed by atoms with E-state index in [4.69, 9.17) is 4.74 Å². The van der Waals surface area contributed by atoms with Crippen molar-refractivity contribution in [3.8, 4) is 5.75 Å². The predicted molar refractivity (Wildman–Crippen MR) is 83.9 cm³/mol. The maximum absolute atomic E-state index is 11.4. The highest BCUT2D eigenvalue weighted by Crippen LogP contribution is 2.32. The van der Waals surface area contributed by atoms with Crippen LogP contribution in [0, 0.1) is 13.8 Å². The molecule has 1 N–H and O–H groups in total. The molecule has 0 bridgehead atoms. The Hall–Kier alpha value is -2.49. The van der Waals surface area contributed by atoms with Crippen LogP contribution in [0.1, 0.15) is 21.5 Å². The van der Waals surface area contributed by atoms with Gasteiger partial charge in [-0.15, -0.1) is 0 Å². The second-order valence-corrected chi connectivity index (χ2v) is 5.04. The summed E-state index contributed by atoms with van der Waals surface area (Å²) in [7, 11) is 3.43. The lowest BCUT2D eigenvalue weighted by Crippen LogP contribution is -2.15. The van der Waals surface area contributed by atoms with Crippen molar-refractivity contribution < 1.29 is 14.6 Å². The van der Waals surface area contributed by atoms with Gasteiger partial charge in [0, 0.05) is 18.8 Å². The monoisotopic (exact) mass is 285 g/mol. The predicted octanol–water partition coefficient (Wildman–Crippen LogP) is 3.78. The minimum atomic E-state index is -0.954. The molecule has 0 fully saturated rings. The minimum absolute atomic E-state index is 0.248. The zero-order valence-electron chi connectivity index (χ0n) is 12.7. The van der Waals surface area contributed by atoms with E-state index in [1.165, 1.54) is 5.56 Å². The number of rotatable bonds is 4. The first-order chi connectivity index (χ1) is 9.93. The van der Waals surface area contributed by atoms with E-state index in [1.54, 1.807) is 25.3 Å². The maximum Gasteiger partial charge on any atom is 0.337 e. The van der Waals surface area contributed by atoms with E-state index in [0.717, 1.165) is 11.3 Å². The molecule has 4 nitrogen and oxygen atoms in total. The Morgan fingerprint density at radius 2 is 1.81 bits per heavy atom. The summed E-state index contributed by atoms with van der Waals surface area (Å²) in [6.45, 7) is 4.05. The second-order valence-electron chi connectivity index (χ2n) is 5.04. The number of nitrogens with zero attached hydrogens (tertiary/aromatic N) is 1. The van der Waals surface area contributed by atoms with Crippen molar-refractivity contribution in [2.24, 2.45) is 0 Å². The van der Waals surface area contributed by atoms with Crippen LogP contribution >= 0.6 is 0 Å². The molecule has 0 aliphatic rings. The fourth-order valence-electron chi connectivity index (χ4n) is 2.41. The number of aromatic carboxylic acids is 1. The zero-order chi connectivity index (χ0) is 15.6. The van der Waals surface area contributed by atoms with Crippen LogP contribution in [0.25, 0.3) is 0 Å². The molecule has 0 saturated heterocycles. The van der Waals surface area contributed by atoms with Crippen molar-refractivity contribution in [1.29, 1.82) is 0 Å². The Balaban J connectivity index is 2.55. The van der Waals surface area contributed by atoms with Crippen LogP contribution in [0.15, 0.2) is 36.4 Å². The van der Waals surface area contributed by atoms with E-state index in [9.17, 15) is 9.90 Å². The van der Waals surface area contributed by atoms with Crippen LogP contribution in [0.4, 0.5) is 11.4 Å². The first-order valence-corrected chi connectivity index (χ1v) is 6.66. The zero-order valence-corrected chi connectivity index (χ0v) is 12.7. The number of carboxylic acid groups (broad SMARTS) is 1. The minimum Gasteiger partial charge on any atom is -0.497 e. The molecule has 2 aromatic carbocycles. The van der Waals surface area contributed by atoms with Gasteiger partial charge in [-0.3, -0.25) is 0 Å². The molecule has 0 aliphatic carbocycles. The van der Waals surface area contributed by atoms with Crippen molar-refractivity contribution in [2.45, 2.75) is 13.8 Å². The number of ether oxygens (including phenoxy) is 1. The standard InChI is InChI=1S/C17H19NO3/c1-11-5-8-15(12(2)9-11)18(3)16-10-13(21-4)6-7-14(16)17(19)20/h5-10H,1-4H3,(H,19,20). The van der Waals surface area contributed by atoms with Crippen LogP contribution < -0.4 is 9.64 Å². The van der Waals surface area contributed by atoms with Gasteiger partial charge in [-0.1, -0.05) is 17.7 Å². The van der Waals surface area contributed by atoms with Crippen LogP contribution in [0.2, 0.25) is 0 Å². The molecule has 0 unspecified atom stereocenters. The normalized spacial score (nSPS) is 10.3. The van der Waals surface area contributed by atoms with Crippen molar-refractivity contribution in [3.05, 3.63) is 53.1 Å². The van der Waals surface area contributed by atoms with Gasteiger partial charge in [-0.25, -0.2) is 4.79 Å². The molecule has 0 aromatic heterocycles. The summed E-state index contributed by atoms with van der Waals surface area (Å²) in [6, 6.07) is 11.0. The average molecular weight is 285 g/mol. The summed E-state index contributed by atoms with van der Waals surface area (Å²) in [5.74, 6) is -0.323. The molecule has 2 aromatic rings. The highest BCUT2D eigenvalue weighted by atomic mass is 16.5. The second kappa shape index (κ2) is 5.87. The summed E-state index contributed by atoms with van der Waals surface area (Å²) < 4.78 is 5.21. The number of hydrogen-bond acceptors (Lipinski definition) is 3. The third-order valence-electron chi connectivity index (χ3n) is 3.51. The van der Waals surface area contributed by atoms with E-state index in [2.05, 4.69) is 6.07 Å². The number of carboxylic acids is 1. The SMILES string of the molecule is COc1ccc(C(=O)O)c(N(C)c2ccc(C)cc2C)c1. The fraction of sp³-hybridized carbons (Fsp3) is 0.235. The van der Waals surface area contributed by atoms with Gasteiger partial charge in [0.15, 0.2) is 0 Å². The summed E-state index contributed by atoms with van der Waals surface area (Å²) in [5.41, 5.74) is 4.09. The third kappa shape index (κ3) is 2.99. The van der Waals surface area contributed by atoms with Crippen LogP contribution in [-0.4, -0.2) is 25.2 Å². The molecule has 0 spiro atoms. The lowest BCUT2D eigenvalue weighted by molar-refractivity contribution is 0.0697. The largest absolute Gasteiger partial charge is 0.497 e. The summed E-state index contributed by atoms with van der Waals surface area (Å²) in [4.78, 5) is 13.3. The number of aryl methyl sites for hydroxylation is 2. The van der Waals surface area contributed by atoms with Crippen molar-refractivity contribution >= 4 is 17.3 Å². The van der Waals surface area contributed by atoms with Gasteiger partial charge in [-0.05, 0) is 37.6 Å². The topological polar surface area (TPSA) is 49.8 Å². The fourth-order valence-corrected chi connectivity index (χ4v) is 2.41. The van der Waals surface area contributed by atoms with Crippen molar-refractivity contribution in [1.82, 2.24) is 0 Å². The van der Waals surface area contributed by atoms with Crippen LogP contribution in [-0.2, 0) is 0 Å². The van der Waals surface area contributed by atoms with Crippen molar-refractivity contribution in [3.63, 3.8) is 0 Å². The molecule has 21 heavy (non-hydrogen) atoms. The summed E-state index contributed by atoms with van der Waals surface area (Å²) in [5, 5.41) is 9.37. The first kappa shape index (κ1) is 14.9. The summed E-state index contributed by atoms with van der Waals surface area (Å²) in [6.07, 6.45) is 0. The van der Waals surface area contributed by atoms with Gasteiger partial charge in [0.25, 0.3) is 0 Å². The Morgan fingerprint density at radius 1 is 1.10 bits per heavy atom. The van der Waals surface area contributed by atoms with Gasteiger partial charge in [0.05, 0.1) is 18.4 Å². The smallest absolute Gasteiger partial charge is 0.337 e. The van der Waals surface area contributed by atoms with Crippen LogP contribution in [0.3, 0.4) is 0 Å². The Bertz CT molecular complexity index is 680. The molecule has 4 heteroatoms. The number of hydrogen-bond donors (Lipinski definition) is 1. The van der Waals surface area contributed by atoms with E-state index in [0.29, 0.717) is 11.4 Å². The molecule has 0 radical (unpaired) electrons. The highest BCUT2D eigenvalue weighted by molar-refractivity contribution is 5.96. The lowest BCUT2D eigenvalue weighted by Gasteiger charge is -2.24. The van der Waals surface area contributed by atoms with Gasteiger partial charge < -0.3 is 14.7 Å². The molecule has 2 rings (SSSR count). The number of methoxy groups -OCH3 is 1. The summed E-state index contributed by atoms with van der Waals surface area (Å²) >= 11 is 0. The molecule has 110 valence electrons. The van der Waals surface area contributed by atoms with Crippen LogP contribution in [0.5, 0.6) is 5.75 Å². The van der Waals surface area contributed by atoms with E-state index < -0.39 is 5.97 Å². The van der Waals surface area contributed by atoms with Gasteiger partial charge >= 0.3 is 5.97 Å². The number of carbonyl (C=O) groups is 1. The van der Waals surface area contributed by atoms with Crippen molar-refractivity contribution in [2.75, 3.05) is 19.1 Å². The van der Waals surface area contributed by atoms with E-state index in [1.807, 2.05) is 37.9 Å². The molecular weight excluding hydrogens is 266 g/mol. The molecule has 0 atom stereocenters. The molecular formula is C17H19NO3. The lowest BCUT2D eigenvalue weighted by atomic mass is 10.1. The van der Waals surface area contributed by atoms with Gasteiger partial charge in [0.2, 0.25) is 0 Å². The first-order valence-electron chi connectivity index (χ1n) is 6.66. The quantitative estimate of drug-likeness (QED) is 0.928. The maximum atomic E-state index is 11.4. The Labute approximate surface area is 124 Å². The highest BCUT2D eigenvalue weighted by Gasteiger charge is 2.17. The van der Waals surface area contributed by atoms with E-state index in [-0.39, 0.29) is 5.56 Å². The molecule has 0 heterocycles. The van der Waals surface area contributed by atoms with Gasteiger partial charge in [0.1, 0.15) is 5.75 Å². The Morgan fingerprint density at radius 3 is 2.38 bits per heavy atom. The Kier molecular flexibility index (Phi) is 4.17. The third-order valence-corrected chi connectivity index (χ3v) is 3.51. The molecule has 0 aliphatic heterocycles. The number of benzene rings is 2. The average Bonchev–Trinajstić information content (AvgIpc) is 2.45. The number of anilines is 2. The van der Waals surface area contributed by atoms with E-state index >= 15 is 0 Å².